The number of nitrogen functional groups attached to an aromatic ring is 2. The van der Waals surface area contributed by atoms with Crippen molar-refractivity contribution in [2.45, 2.75) is 39.4 Å². The molecule has 82 heavy (non-hydrogen) atoms. The summed E-state index contributed by atoms with van der Waals surface area (Å²) in [5, 5.41) is 23.3. The smallest absolute Gasteiger partial charge is 0.268 e. The normalized spacial score (nSPS) is 10.5. The molecule has 0 aliphatic heterocycles. The lowest BCUT2D eigenvalue weighted by Crippen LogP contribution is -2.26. The van der Waals surface area contributed by atoms with Gasteiger partial charge in [0.15, 0.2) is 0 Å². The van der Waals surface area contributed by atoms with Crippen LogP contribution in [0.2, 0.25) is 0 Å². The molecule has 2 amide bonds. The molecule has 0 aliphatic carbocycles. The Morgan fingerprint density at radius 2 is 0.756 bits per heavy atom. The molecule has 2 aromatic heterocycles. The van der Waals surface area contributed by atoms with E-state index in [1.165, 1.54) is 0 Å². The highest BCUT2D eigenvalue weighted by Gasteiger charge is 2.20. The molecule has 0 spiro atoms. The van der Waals surface area contributed by atoms with Crippen LogP contribution >= 0.6 is 72.4 Å². The van der Waals surface area contributed by atoms with Crippen LogP contribution in [-0.4, -0.2) is 42.6 Å². The molecule has 416 valence electrons. The molecule has 0 bridgehead atoms. The highest BCUT2D eigenvalue weighted by molar-refractivity contribution is 14.0. The molecule has 8 aromatic carbocycles. The van der Waals surface area contributed by atoms with Crippen LogP contribution in [0.15, 0.2) is 206 Å². The first-order valence-electron chi connectivity index (χ1n) is 25.5. The van der Waals surface area contributed by atoms with Gasteiger partial charge in [-0.1, -0.05) is 158 Å². The number of aromatic nitrogens is 2. The molecular formula is C64H60I2N10O4S2. The number of nitrogens with zero attached hydrogens (tertiary/aromatic N) is 2. The second kappa shape index (κ2) is 28.8. The van der Waals surface area contributed by atoms with Gasteiger partial charge in [-0.3, -0.25) is 20.4 Å². The topological polar surface area (TPSA) is 238 Å². The van der Waals surface area contributed by atoms with Gasteiger partial charge >= 0.3 is 0 Å². The molecule has 12 N–H and O–H groups in total. The number of hydrogen-bond acceptors (Lipinski definition) is 8. The summed E-state index contributed by atoms with van der Waals surface area (Å²) in [5.74, 6) is 0.968. The van der Waals surface area contributed by atoms with E-state index in [0.717, 1.165) is 72.1 Å². The minimum Gasteiger partial charge on any atom is -0.489 e. The van der Waals surface area contributed by atoms with Gasteiger partial charge in [0.2, 0.25) is 0 Å². The first-order valence-corrected chi connectivity index (χ1v) is 26.4. The summed E-state index contributed by atoms with van der Waals surface area (Å²) in [6, 6.07) is 65.4. The van der Waals surface area contributed by atoms with Gasteiger partial charge in [-0.2, -0.15) is 0 Å². The highest BCUT2D eigenvalue weighted by atomic mass is 127. The summed E-state index contributed by atoms with van der Waals surface area (Å²) in [7, 11) is 0. The largest absolute Gasteiger partial charge is 0.489 e. The quantitative estimate of drug-likeness (QED) is 0.0155. The van der Waals surface area contributed by atoms with Gasteiger partial charge in [-0.25, -0.2) is 0 Å². The molecule has 0 atom stereocenters. The fourth-order valence-corrected chi connectivity index (χ4v) is 9.38. The predicted octanol–water partition coefficient (Wildman–Crippen LogP) is 11.5. The van der Waals surface area contributed by atoms with Crippen molar-refractivity contribution in [2.75, 3.05) is 0 Å². The number of ether oxygens (including phenoxy) is 2. The maximum Gasteiger partial charge on any atom is 0.268 e. The monoisotopic (exact) mass is 1350 g/mol. The average molecular weight is 1350 g/mol. The van der Waals surface area contributed by atoms with E-state index in [4.69, 9.17) is 67.7 Å². The lowest BCUT2D eigenvalue weighted by atomic mass is 10.1. The Morgan fingerprint density at radius 1 is 0.415 bits per heavy atom. The number of carbonyl (C=O) groups is 2. The summed E-state index contributed by atoms with van der Waals surface area (Å²) in [4.78, 5) is 27.7. The molecule has 0 unspecified atom stereocenters. The molecule has 18 heteroatoms. The minimum absolute atomic E-state index is 0. The standard InChI is InChI=1S/C32H30N6O2.C32H28N4O2S2.2HI/c33-30(34)24-10-4-8-22(14-24)18-37-32(39)29-17-26-16-27(40-20-21-6-2-1-3-7-21)12-13-28(26)38(29)19-23-9-5-11-25(15-23)31(35)36;33-30(39)24-10-4-8-22(14-24)18-35-32(37)29-17-26-16-27(38-20-21-6-2-1-3-7-21)12-13-28(26)36(29)19-23-9-5-11-25(15-23)31(34)40;;/h1-17H,18-20H2,(H3,33,34)(H3,35,36)(H,37,39);1-17H,18-20H2,(H2,33,39)(H2,34,40)(H,35,37);2*1H. The van der Waals surface area contributed by atoms with Crippen molar-refractivity contribution in [1.29, 1.82) is 10.8 Å². The van der Waals surface area contributed by atoms with E-state index in [2.05, 4.69) is 10.6 Å². The Balaban J connectivity index is 0.000000230. The van der Waals surface area contributed by atoms with Gasteiger partial charge in [0, 0.05) is 70.2 Å². The first-order chi connectivity index (χ1) is 38.7. The molecule has 14 nitrogen and oxygen atoms in total. The number of benzene rings is 8. The number of nitrogens with one attached hydrogen (secondary N) is 4. The summed E-state index contributed by atoms with van der Waals surface area (Å²) in [6.07, 6.45) is 0. The zero-order valence-corrected chi connectivity index (χ0v) is 50.6. The molecule has 2 heterocycles. The number of carbonyl (C=O) groups excluding carboxylic acids is 2. The molecular weight excluding hydrogens is 1290 g/mol. The summed E-state index contributed by atoms with van der Waals surface area (Å²) < 4.78 is 16.0. The molecule has 0 aliphatic rings. The van der Waals surface area contributed by atoms with E-state index in [1.54, 1.807) is 18.2 Å². The Labute approximate surface area is 520 Å². The molecule has 0 saturated carbocycles. The summed E-state index contributed by atoms with van der Waals surface area (Å²) in [5.41, 5.74) is 34.4. The number of amidine groups is 2. The van der Waals surface area contributed by atoms with Crippen molar-refractivity contribution in [2.24, 2.45) is 22.9 Å². The van der Waals surface area contributed by atoms with Crippen molar-refractivity contribution in [1.82, 2.24) is 19.8 Å². The van der Waals surface area contributed by atoms with E-state index in [1.807, 2.05) is 197 Å². The fourth-order valence-electron chi connectivity index (χ4n) is 9.13. The van der Waals surface area contributed by atoms with Gasteiger partial charge in [-0.15, -0.1) is 48.0 Å². The van der Waals surface area contributed by atoms with Gasteiger partial charge in [-0.05, 0) is 106 Å². The minimum atomic E-state index is -0.237. The molecule has 10 aromatic rings. The fraction of sp³-hybridized carbons (Fsp3) is 0.0938. The Hall–Kier alpha value is -8.44. The van der Waals surface area contributed by atoms with Crippen molar-refractivity contribution >= 4 is 128 Å². The lowest BCUT2D eigenvalue weighted by molar-refractivity contribution is 0.0934. The molecule has 0 saturated heterocycles. The van der Waals surface area contributed by atoms with E-state index >= 15 is 0 Å². The Kier molecular flexibility index (Phi) is 21.5. The summed E-state index contributed by atoms with van der Waals surface area (Å²) in [6.45, 7) is 2.39. The number of hydrogen-bond donors (Lipinski definition) is 8. The summed E-state index contributed by atoms with van der Waals surface area (Å²) >= 11 is 10.3. The first kappa shape index (κ1) is 61.2. The SMILES string of the molecule is I.I.N=C(N)c1cccc(CNC(=O)c2cc3cc(OCc4ccccc4)ccc3n2Cc2cccc(C(=N)N)c2)c1.NC(=S)c1cccc(CNC(=O)c2cc3cc(OCc4ccccc4)ccc3n2Cc2cccc(C(N)=S)c2)c1. The van der Waals surface area contributed by atoms with E-state index in [-0.39, 0.29) is 78.0 Å². The van der Waals surface area contributed by atoms with Crippen molar-refractivity contribution < 1.29 is 19.1 Å². The van der Waals surface area contributed by atoms with Gasteiger partial charge in [0.1, 0.15) is 57.7 Å². The maximum absolute atomic E-state index is 13.5. The Morgan fingerprint density at radius 3 is 1.15 bits per heavy atom. The zero-order valence-electron chi connectivity index (χ0n) is 44.3. The van der Waals surface area contributed by atoms with Crippen LogP contribution < -0.4 is 43.0 Å². The number of nitrogens with two attached hydrogens (primary N) is 4. The second-order valence-electron chi connectivity index (χ2n) is 18.9. The van der Waals surface area contributed by atoms with Crippen LogP contribution in [-0.2, 0) is 39.4 Å². The molecule has 0 fully saturated rings. The van der Waals surface area contributed by atoms with Gasteiger partial charge in [0.25, 0.3) is 11.8 Å². The van der Waals surface area contributed by atoms with Crippen LogP contribution in [0.4, 0.5) is 0 Å². The molecule has 0 radical (unpaired) electrons. The highest BCUT2D eigenvalue weighted by Crippen LogP contribution is 2.29. The van der Waals surface area contributed by atoms with Crippen LogP contribution in [0.25, 0.3) is 21.8 Å². The van der Waals surface area contributed by atoms with E-state index in [0.29, 0.717) is 71.1 Å². The third kappa shape index (κ3) is 15.9. The van der Waals surface area contributed by atoms with Crippen molar-refractivity contribution in [3.05, 3.63) is 273 Å². The second-order valence-corrected chi connectivity index (χ2v) is 19.8. The number of fused-ring (bicyclic) bond motifs is 2. The van der Waals surface area contributed by atoms with E-state index < -0.39 is 0 Å². The number of thiocarbonyl (C=S) groups is 2. The maximum atomic E-state index is 13.5. The van der Waals surface area contributed by atoms with Gasteiger partial charge < -0.3 is 52.2 Å². The van der Waals surface area contributed by atoms with E-state index in [9.17, 15) is 9.59 Å². The third-order valence-electron chi connectivity index (χ3n) is 13.2. The van der Waals surface area contributed by atoms with Crippen molar-refractivity contribution in [3.63, 3.8) is 0 Å². The third-order valence-corrected chi connectivity index (χ3v) is 13.7. The van der Waals surface area contributed by atoms with Gasteiger partial charge in [0.05, 0.1) is 0 Å². The van der Waals surface area contributed by atoms with Crippen LogP contribution in [0, 0.1) is 10.8 Å². The molecule has 10 rings (SSSR count). The van der Waals surface area contributed by atoms with Crippen LogP contribution in [0.5, 0.6) is 11.5 Å². The zero-order chi connectivity index (χ0) is 56.1. The average Bonchev–Trinajstić information content (AvgIpc) is 4.21. The predicted molar refractivity (Wildman–Crippen MR) is 356 cm³/mol. The number of amides is 2. The lowest BCUT2D eigenvalue weighted by Gasteiger charge is -2.13. The van der Waals surface area contributed by atoms with Crippen molar-refractivity contribution in [3.8, 4) is 11.5 Å². The number of rotatable bonds is 20. The van der Waals surface area contributed by atoms with Crippen LogP contribution in [0.3, 0.4) is 0 Å². The van der Waals surface area contributed by atoms with Crippen LogP contribution in [0.1, 0.15) is 76.6 Å². The number of halogens is 2. The Bertz CT molecular complexity index is 3690.